The Morgan fingerprint density at radius 2 is 1.71 bits per heavy atom. The number of nitrogens with two attached hydrogens (primary N) is 1. The van der Waals surface area contributed by atoms with E-state index in [9.17, 15) is 18.0 Å². The lowest BCUT2D eigenvalue weighted by molar-refractivity contribution is -0.137. The minimum atomic E-state index is -4.45. The van der Waals surface area contributed by atoms with Crippen LogP contribution in [0.25, 0.3) is 11.3 Å². The second-order valence-electron chi connectivity index (χ2n) is 9.06. The average molecular weight is 526 g/mol. The van der Waals surface area contributed by atoms with Gasteiger partial charge in [-0.25, -0.2) is 9.97 Å². The average Bonchev–Trinajstić information content (AvgIpc) is 3.47. The van der Waals surface area contributed by atoms with Gasteiger partial charge in [0, 0.05) is 31.7 Å². The number of ether oxygens (including phenoxy) is 2. The lowest BCUT2D eigenvalue weighted by Crippen LogP contribution is -2.52. The van der Waals surface area contributed by atoms with Gasteiger partial charge in [-0.05, 0) is 30.2 Å². The first-order valence-corrected chi connectivity index (χ1v) is 12.1. The molecule has 1 amide bonds. The van der Waals surface area contributed by atoms with Gasteiger partial charge in [0.05, 0.1) is 17.3 Å². The number of carbonyl (C=O) groups excluding carboxylic acids is 1. The zero-order valence-corrected chi connectivity index (χ0v) is 20.4. The molecule has 11 heteroatoms. The Hall–Kier alpha value is -4.12. The number of amides is 1. The molecule has 0 radical (unpaired) electrons. The molecule has 8 nitrogen and oxygen atoms in total. The number of alkyl halides is 3. The van der Waals surface area contributed by atoms with Crippen LogP contribution in [-0.4, -0.2) is 59.8 Å². The first kappa shape index (κ1) is 25.5. The van der Waals surface area contributed by atoms with Crippen molar-refractivity contribution >= 4 is 11.9 Å². The largest absolute Gasteiger partial charge is 0.462 e. The van der Waals surface area contributed by atoms with E-state index in [1.165, 1.54) is 23.8 Å². The quantitative estimate of drug-likeness (QED) is 0.501. The maximum absolute atomic E-state index is 13.0. The van der Waals surface area contributed by atoms with Gasteiger partial charge < -0.3 is 20.1 Å². The van der Waals surface area contributed by atoms with E-state index >= 15 is 0 Å². The molecule has 0 saturated carbocycles. The first-order chi connectivity index (χ1) is 18.3. The van der Waals surface area contributed by atoms with E-state index in [1.54, 1.807) is 6.26 Å². The minimum Gasteiger partial charge on any atom is -0.462 e. The molecule has 1 atom stereocenters. The molecule has 1 unspecified atom stereocenters. The highest BCUT2D eigenvalue weighted by Gasteiger charge is 2.32. The molecule has 5 rings (SSSR count). The lowest BCUT2D eigenvalue weighted by atomic mass is 10.0. The molecule has 2 aliphatic rings. The van der Waals surface area contributed by atoms with Crippen molar-refractivity contribution in [3.63, 3.8) is 0 Å². The second kappa shape index (κ2) is 10.7. The van der Waals surface area contributed by atoms with Crippen LogP contribution in [0.4, 0.5) is 19.1 Å². The number of hydrogen-bond donors (Lipinski definition) is 1. The summed E-state index contributed by atoms with van der Waals surface area (Å²) in [6.07, 6.45) is -2.03. The number of carbonyl (C=O) groups is 1. The Bertz CT molecular complexity index is 1310. The normalized spacial score (nSPS) is 16.9. The molecule has 3 aromatic rings. The van der Waals surface area contributed by atoms with E-state index in [0.717, 1.165) is 24.3 Å². The van der Waals surface area contributed by atoms with Crippen molar-refractivity contribution in [1.82, 2.24) is 14.9 Å². The van der Waals surface area contributed by atoms with Crippen molar-refractivity contribution in [3.8, 4) is 11.3 Å². The van der Waals surface area contributed by atoms with Gasteiger partial charge in [-0.2, -0.15) is 13.2 Å². The van der Waals surface area contributed by atoms with Crippen molar-refractivity contribution in [3.05, 3.63) is 89.5 Å². The number of hydrogen-bond acceptors (Lipinski definition) is 7. The van der Waals surface area contributed by atoms with Gasteiger partial charge >= 0.3 is 6.18 Å². The van der Waals surface area contributed by atoms with Crippen LogP contribution in [0.3, 0.4) is 0 Å². The number of aromatic nitrogens is 2. The number of halogens is 3. The Morgan fingerprint density at radius 1 is 1.00 bits per heavy atom. The standard InChI is InChI=1S/C27H26F3N5O3/c28-27(29,30)20-8-6-19(7-9-20)21-15-22(25(31)36)33-26(32-21)35-12-10-34(11-13-35)23(24-16-37-17-38-24)14-18-4-2-1-3-5-18/h1-9,15-16,23H,10-14,17H2,(H2,31,36). The Labute approximate surface area is 217 Å². The van der Waals surface area contributed by atoms with E-state index < -0.39 is 17.6 Å². The number of rotatable bonds is 7. The molecule has 2 aromatic carbocycles. The fourth-order valence-corrected chi connectivity index (χ4v) is 4.59. The van der Waals surface area contributed by atoms with Crippen LogP contribution in [0.2, 0.25) is 0 Å². The van der Waals surface area contributed by atoms with Crippen LogP contribution in [0, 0.1) is 0 Å². The van der Waals surface area contributed by atoms with Crippen molar-refractivity contribution in [2.75, 3.05) is 37.9 Å². The molecule has 1 fully saturated rings. The zero-order valence-electron chi connectivity index (χ0n) is 20.4. The van der Waals surface area contributed by atoms with E-state index in [4.69, 9.17) is 15.2 Å². The molecule has 0 bridgehead atoms. The molecule has 2 N–H and O–H groups in total. The highest BCUT2D eigenvalue weighted by Crippen LogP contribution is 2.31. The van der Waals surface area contributed by atoms with Gasteiger partial charge in [0.25, 0.3) is 5.91 Å². The van der Waals surface area contributed by atoms with Crippen LogP contribution in [0.1, 0.15) is 21.6 Å². The van der Waals surface area contributed by atoms with Crippen LogP contribution in [-0.2, 0) is 22.1 Å². The number of piperazine rings is 1. The number of benzene rings is 2. The molecule has 1 saturated heterocycles. The van der Waals surface area contributed by atoms with E-state index in [-0.39, 0.29) is 18.5 Å². The summed E-state index contributed by atoms with van der Waals surface area (Å²) < 4.78 is 50.0. The summed E-state index contributed by atoms with van der Waals surface area (Å²) in [6, 6.07) is 16.1. The predicted molar refractivity (Wildman–Crippen MR) is 134 cm³/mol. The van der Waals surface area contributed by atoms with E-state index in [0.29, 0.717) is 43.4 Å². The first-order valence-electron chi connectivity index (χ1n) is 12.1. The number of primary amides is 1. The summed E-state index contributed by atoms with van der Waals surface area (Å²) in [6.45, 7) is 2.65. The topological polar surface area (TPSA) is 93.8 Å². The smallest absolute Gasteiger partial charge is 0.416 e. The fraction of sp³-hybridized carbons (Fsp3) is 0.296. The zero-order chi connectivity index (χ0) is 26.7. The summed E-state index contributed by atoms with van der Waals surface area (Å²) in [7, 11) is 0. The molecule has 38 heavy (non-hydrogen) atoms. The number of nitrogens with zero attached hydrogens (tertiary/aromatic N) is 4. The maximum Gasteiger partial charge on any atom is 0.416 e. The van der Waals surface area contributed by atoms with Crippen molar-refractivity contribution in [1.29, 1.82) is 0 Å². The van der Waals surface area contributed by atoms with Gasteiger partial charge in [0.15, 0.2) is 5.76 Å². The SMILES string of the molecule is NC(=O)c1cc(-c2ccc(C(F)(F)F)cc2)nc(N2CCN(C(Cc3ccccc3)C3=COCO3)CC2)n1. The summed E-state index contributed by atoms with van der Waals surface area (Å²) in [5.74, 6) is 0.336. The van der Waals surface area contributed by atoms with Gasteiger partial charge in [0.2, 0.25) is 12.7 Å². The van der Waals surface area contributed by atoms with E-state index in [2.05, 4.69) is 27.0 Å². The fourth-order valence-electron chi connectivity index (χ4n) is 4.59. The van der Waals surface area contributed by atoms with Gasteiger partial charge in [-0.3, -0.25) is 9.69 Å². The van der Waals surface area contributed by atoms with Crippen LogP contribution in [0.15, 0.2) is 72.7 Å². The van der Waals surface area contributed by atoms with Crippen LogP contribution < -0.4 is 10.6 Å². The van der Waals surface area contributed by atoms with Gasteiger partial charge in [-0.1, -0.05) is 42.5 Å². The Morgan fingerprint density at radius 3 is 2.32 bits per heavy atom. The van der Waals surface area contributed by atoms with Gasteiger partial charge in [-0.15, -0.1) is 0 Å². The summed E-state index contributed by atoms with van der Waals surface area (Å²) in [5, 5.41) is 0. The molecular weight excluding hydrogens is 499 g/mol. The maximum atomic E-state index is 13.0. The molecule has 3 heterocycles. The molecular formula is C27H26F3N5O3. The second-order valence-corrected chi connectivity index (χ2v) is 9.06. The van der Waals surface area contributed by atoms with Crippen molar-refractivity contribution in [2.45, 2.75) is 18.6 Å². The molecule has 0 spiro atoms. The monoisotopic (exact) mass is 525 g/mol. The van der Waals surface area contributed by atoms with Crippen LogP contribution >= 0.6 is 0 Å². The molecule has 1 aromatic heterocycles. The highest BCUT2D eigenvalue weighted by atomic mass is 19.4. The lowest BCUT2D eigenvalue weighted by Gasteiger charge is -2.39. The molecule has 2 aliphatic heterocycles. The summed E-state index contributed by atoms with van der Waals surface area (Å²) in [5.41, 5.74) is 6.67. The third-order valence-electron chi connectivity index (χ3n) is 6.61. The van der Waals surface area contributed by atoms with Crippen molar-refractivity contribution in [2.24, 2.45) is 5.73 Å². The number of anilines is 1. The highest BCUT2D eigenvalue weighted by molar-refractivity contribution is 5.92. The Kier molecular flexibility index (Phi) is 7.19. The summed E-state index contributed by atoms with van der Waals surface area (Å²) in [4.78, 5) is 25.1. The van der Waals surface area contributed by atoms with Crippen molar-refractivity contribution < 1.29 is 27.4 Å². The summed E-state index contributed by atoms with van der Waals surface area (Å²) >= 11 is 0. The Balaban J connectivity index is 1.35. The predicted octanol–water partition coefficient (Wildman–Crippen LogP) is 3.84. The third kappa shape index (κ3) is 5.72. The molecule has 0 aliphatic carbocycles. The van der Waals surface area contributed by atoms with Gasteiger partial charge in [0.1, 0.15) is 12.0 Å². The van der Waals surface area contributed by atoms with Crippen LogP contribution in [0.5, 0.6) is 0 Å². The minimum absolute atomic E-state index is 0.00376. The van der Waals surface area contributed by atoms with E-state index in [1.807, 2.05) is 23.1 Å². The third-order valence-corrected chi connectivity index (χ3v) is 6.61. The molecule has 198 valence electrons.